The van der Waals surface area contributed by atoms with Crippen molar-refractivity contribution < 1.29 is 28.5 Å². The molecule has 0 fully saturated rings. The Balaban J connectivity index is 1.73. The lowest BCUT2D eigenvalue weighted by Gasteiger charge is -2.32. The number of amides is 3. The van der Waals surface area contributed by atoms with E-state index in [1.807, 2.05) is 26.0 Å². The maximum Gasteiger partial charge on any atom is 0.322 e. The molecule has 0 aliphatic carbocycles. The predicted octanol–water partition coefficient (Wildman–Crippen LogP) is 3.80. The lowest BCUT2D eigenvalue weighted by atomic mass is 9.98. The molecular formula is C26H35N3O6. The van der Waals surface area contributed by atoms with Crippen LogP contribution in [0.4, 0.5) is 10.5 Å². The summed E-state index contributed by atoms with van der Waals surface area (Å²) in [6, 6.07) is 8.68. The number of carbonyl (C=O) groups excluding carboxylic acids is 2. The highest BCUT2D eigenvalue weighted by Crippen LogP contribution is 2.33. The summed E-state index contributed by atoms with van der Waals surface area (Å²) < 4.78 is 21.4. The molecule has 9 nitrogen and oxygen atoms in total. The van der Waals surface area contributed by atoms with E-state index in [1.54, 1.807) is 49.3 Å². The summed E-state index contributed by atoms with van der Waals surface area (Å²) in [4.78, 5) is 29.7. The van der Waals surface area contributed by atoms with Crippen LogP contribution in [0.1, 0.15) is 25.0 Å². The van der Waals surface area contributed by atoms with Crippen molar-refractivity contribution in [1.29, 1.82) is 0 Å². The average Bonchev–Trinajstić information content (AvgIpc) is 2.86. The number of hydrogen-bond acceptors (Lipinski definition) is 6. The summed E-state index contributed by atoms with van der Waals surface area (Å²) in [7, 11) is 6.29. The van der Waals surface area contributed by atoms with E-state index in [0.717, 1.165) is 11.1 Å². The largest absolute Gasteiger partial charge is 0.497 e. The molecule has 1 N–H and O–H groups in total. The van der Waals surface area contributed by atoms with E-state index in [4.69, 9.17) is 18.9 Å². The third-order valence-corrected chi connectivity index (χ3v) is 5.92. The van der Waals surface area contributed by atoms with Gasteiger partial charge >= 0.3 is 6.03 Å². The molecule has 0 aromatic heterocycles. The zero-order valence-corrected chi connectivity index (χ0v) is 21.3. The van der Waals surface area contributed by atoms with E-state index in [2.05, 4.69) is 5.32 Å². The van der Waals surface area contributed by atoms with Crippen LogP contribution in [0.2, 0.25) is 0 Å². The van der Waals surface area contributed by atoms with Crippen LogP contribution in [0.3, 0.4) is 0 Å². The zero-order valence-electron chi connectivity index (χ0n) is 21.3. The Bertz CT molecular complexity index is 1060. The number of nitrogens with zero attached hydrogens (tertiary/aromatic N) is 2. The van der Waals surface area contributed by atoms with Gasteiger partial charge in [0.1, 0.15) is 18.0 Å². The van der Waals surface area contributed by atoms with E-state index >= 15 is 0 Å². The number of carbonyl (C=O) groups is 2. The second kappa shape index (κ2) is 11.7. The van der Waals surface area contributed by atoms with Gasteiger partial charge in [-0.25, -0.2) is 4.79 Å². The molecular weight excluding hydrogens is 450 g/mol. The van der Waals surface area contributed by atoms with Crippen molar-refractivity contribution in [3.05, 3.63) is 41.5 Å². The van der Waals surface area contributed by atoms with Crippen LogP contribution >= 0.6 is 0 Å². The molecule has 0 saturated heterocycles. The summed E-state index contributed by atoms with van der Waals surface area (Å²) in [6.07, 6.45) is 0.709. The van der Waals surface area contributed by atoms with Crippen LogP contribution in [0.5, 0.6) is 23.0 Å². The van der Waals surface area contributed by atoms with Crippen LogP contribution in [0.15, 0.2) is 30.3 Å². The fraction of sp³-hybridized carbons (Fsp3) is 0.462. The number of rotatable bonds is 9. The molecule has 3 amide bonds. The van der Waals surface area contributed by atoms with Gasteiger partial charge in [0.2, 0.25) is 5.91 Å². The number of anilines is 1. The summed E-state index contributed by atoms with van der Waals surface area (Å²) in [5.41, 5.74) is 2.66. The lowest BCUT2D eigenvalue weighted by Crippen LogP contribution is -2.47. The normalized spacial score (nSPS) is 12.6. The standard InChI is InChI=1S/C26H35N3O6/c1-17(2)14-29(26(31)27-21-8-7-20(32-3)13-22(21)33-4)16-25(30)28-10-9-18-11-23(34-5)24(35-6)12-19(18)15-28/h7-8,11-13,17H,9-10,14-16H2,1-6H3,(H,27,31). The smallest absolute Gasteiger partial charge is 0.322 e. The molecule has 1 aliphatic rings. The van der Waals surface area contributed by atoms with Crippen molar-refractivity contribution >= 4 is 17.6 Å². The Labute approximate surface area is 206 Å². The molecule has 35 heavy (non-hydrogen) atoms. The van der Waals surface area contributed by atoms with E-state index in [-0.39, 0.29) is 24.4 Å². The minimum absolute atomic E-state index is 0.0227. The minimum atomic E-state index is -0.362. The van der Waals surface area contributed by atoms with Crippen LogP contribution in [0.25, 0.3) is 0 Å². The quantitative estimate of drug-likeness (QED) is 0.581. The van der Waals surface area contributed by atoms with Gasteiger partial charge in [-0.2, -0.15) is 0 Å². The molecule has 190 valence electrons. The molecule has 0 spiro atoms. The van der Waals surface area contributed by atoms with Crippen LogP contribution in [-0.2, 0) is 17.8 Å². The van der Waals surface area contributed by atoms with Gasteiger partial charge in [0.15, 0.2) is 11.5 Å². The van der Waals surface area contributed by atoms with Crippen molar-refractivity contribution in [1.82, 2.24) is 9.80 Å². The Morgan fingerprint density at radius 3 is 2.20 bits per heavy atom. The topological polar surface area (TPSA) is 89.6 Å². The highest BCUT2D eigenvalue weighted by molar-refractivity contribution is 5.93. The Morgan fingerprint density at radius 2 is 1.60 bits per heavy atom. The molecule has 0 atom stereocenters. The van der Waals surface area contributed by atoms with Gasteiger partial charge in [-0.15, -0.1) is 0 Å². The molecule has 1 aliphatic heterocycles. The van der Waals surface area contributed by atoms with Gasteiger partial charge in [-0.05, 0) is 47.7 Å². The van der Waals surface area contributed by atoms with Gasteiger partial charge in [0.25, 0.3) is 0 Å². The van der Waals surface area contributed by atoms with Gasteiger partial charge < -0.3 is 34.1 Å². The highest BCUT2D eigenvalue weighted by Gasteiger charge is 2.26. The third kappa shape index (κ3) is 6.29. The van der Waals surface area contributed by atoms with Crippen LogP contribution in [0, 0.1) is 5.92 Å². The number of methoxy groups -OCH3 is 4. The fourth-order valence-electron chi connectivity index (χ4n) is 4.12. The van der Waals surface area contributed by atoms with E-state index in [0.29, 0.717) is 54.7 Å². The molecule has 2 aromatic carbocycles. The molecule has 1 heterocycles. The zero-order chi connectivity index (χ0) is 25.5. The first-order chi connectivity index (χ1) is 16.8. The molecule has 0 radical (unpaired) electrons. The molecule has 2 aromatic rings. The summed E-state index contributed by atoms with van der Waals surface area (Å²) in [5, 5.41) is 2.88. The lowest BCUT2D eigenvalue weighted by molar-refractivity contribution is -0.132. The number of ether oxygens (including phenoxy) is 4. The average molecular weight is 486 g/mol. The van der Waals surface area contributed by atoms with Crippen molar-refractivity contribution in [3.63, 3.8) is 0 Å². The second-order valence-electron chi connectivity index (χ2n) is 8.81. The number of nitrogens with one attached hydrogen (secondary N) is 1. The summed E-state index contributed by atoms with van der Waals surface area (Å²) >= 11 is 0. The van der Waals surface area contributed by atoms with Crippen molar-refractivity contribution in [2.75, 3.05) is 53.4 Å². The van der Waals surface area contributed by atoms with Gasteiger partial charge in [0, 0.05) is 25.7 Å². The maximum absolute atomic E-state index is 13.2. The Morgan fingerprint density at radius 1 is 0.943 bits per heavy atom. The number of benzene rings is 2. The molecule has 0 unspecified atom stereocenters. The molecule has 0 saturated carbocycles. The van der Waals surface area contributed by atoms with Gasteiger partial charge in [-0.1, -0.05) is 13.8 Å². The van der Waals surface area contributed by atoms with E-state index in [1.165, 1.54) is 7.11 Å². The number of fused-ring (bicyclic) bond motifs is 1. The predicted molar refractivity (Wildman–Crippen MR) is 134 cm³/mol. The highest BCUT2D eigenvalue weighted by atomic mass is 16.5. The second-order valence-corrected chi connectivity index (χ2v) is 8.81. The number of hydrogen-bond donors (Lipinski definition) is 1. The van der Waals surface area contributed by atoms with Crippen molar-refractivity contribution in [2.24, 2.45) is 5.92 Å². The van der Waals surface area contributed by atoms with Crippen LogP contribution < -0.4 is 24.3 Å². The van der Waals surface area contributed by atoms with E-state index in [9.17, 15) is 9.59 Å². The first-order valence-corrected chi connectivity index (χ1v) is 11.6. The summed E-state index contributed by atoms with van der Waals surface area (Å²) in [5.74, 6) is 2.49. The monoisotopic (exact) mass is 485 g/mol. The first kappa shape index (κ1) is 26.0. The van der Waals surface area contributed by atoms with E-state index < -0.39 is 0 Å². The fourth-order valence-corrected chi connectivity index (χ4v) is 4.12. The Kier molecular flexibility index (Phi) is 8.68. The first-order valence-electron chi connectivity index (χ1n) is 11.6. The number of urea groups is 1. The third-order valence-electron chi connectivity index (χ3n) is 5.92. The molecule has 0 bridgehead atoms. The molecule has 9 heteroatoms. The molecule has 3 rings (SSSR count). The van der Waals surface area contributed by atoms with Gasteiger partial charge in [0.05, 0.1) is 34.1 Å². The maximum atomic E-state index is 13.2. The Hall–Kier alpha value is -3.62. The SMILES string of the molecule is COc1ccc(NC(=O)N(CC(=O)N2CCc3cc(OC)c(OC)cc3C2)CC(C)C)c(OC)c1. The minimum Gasteiger partial charge on any atom is -0.497 e. The van der Waals surface area contributed by atoms with Crippen molar-refractivity contribution in [3.8, 4) is 23.0 Å². The van der Waals surface area contributed by atoms with Gasteiger partial charge in [-0.3, -0.25) is 4.79 Å². The van der Waals surface area contributed by atoms with Crippen molar-refractivity contribution in [2.45, 2.75) is 26.8 Å². The van der Waals surface area contributed by atoms with Crippen LogP contribution in [-0.4, -0.2) is 69.8 Å². The summed E-state index contributed by atoms with van der Waals surface area (Å²) in [6.45, 7) is 5.46.